The van der Waals surface area contributed by atoms with Gasteiger partial charge in [0.05, 0.1) is 0 Å². The van der Waals surface area contributed by atoms with E-state index in [4.69, 9.17) is 27.6 Å². The van der Waals surface area contributed by atoms with Crippen molar-refractivity contribution in [3.05, 3.63) is 109 Å². The third kappa shape index (κ3) is 5.40. The quantitative estimate of drug-likeness (QED) is 0.212. The van der Waals surface area contributed by atoms with Gasteiger partial charge in [-0.2, -0.15) is 0 Å². The molecule has 236 valence electrons. The molecule has 0 saturated heterocycles. The maximum atomic E-state index is 15.0. The van der Waals surface area contributed by atoms with E-state index in [-0.39, 0.29) is 12.8 Å². The van der Waals surface area contributed by atoms with E-state index in [1.165, 1.54) is 28.4 Å². The highest BCUT2D eigenvalue weighted by molar-refractivity contribution is 7.57. The van der Waals surface area contributed by atoms with Crippen molar-refractivity contribution < 1.29 is 36.7 Å². The molecule has 0 radical (unpaired) electrons. The second kappa shape index (κ2) is 13.3. The lowest BCUT2D eigenvalue weighted by atomic mass is 9.55. The highest BCUT2D eigenvalue weighted by Crippen LogP contribution is 2.81. The fourth-order valence-corrected chi connectivity index (χ4v) is 12.2. The summed E-state index contributed by atoms with van der Waals surface area (Å²) in [6.45, 7) is 0. The van der Waals surface area contributed by atoms with Crippen molar-refractivity contribution in [2.75, 3.05) is 28.4 Å². The van der Waals surface area contributed by atoms with Crippen LogP contribution in [0, 0.1) is 5.41 Å². The summed E-state index contributed by atoms with van der Waals surface area (Å²) in [5, 5.41) is -2.45. The van der Waals surface area contributed by atoms with Crippen molar-refractivity contribution in [1.82, 2.24) is 0 Å². The highest BCUT2D eigenvalue weighted by Gasteiger charge is 2.73. The van der Waals surface area contributed by atoms with Gasteiger partial charge in [0, 0.05) is 33.9 Å². The molecule has 3 aliphatic carbocycles. The van der Waals surface area contributed by atoms with E-state index in [0.29, 0.717) is 35.9 Å². The molecule has 2 aromatic carbocycles. The molecular weight excluding hydrogens is 598 g/mol. The van der Waals surface area contributed by atoms with Gasteiger partial charge in [0.25, 0.3) is 0 Å². The summed E-state index contributed by atoms with van der Waals surface area (Å²) in [5.41, 5.74) is -0.933. The van der Waals surface area contributed by atoms with Gasteiger partial charge in [-0.05, 0) is 74.3 Å². The summed E-state index contributed by atoms with van der Waals surface area (Å²) < 4.78 is 65.7. The van der Waals surface area contributed by atoms with Gasteiger partial charge in [-0.15, -0.1) is 0 Å². The van der Waals surface area contributed by atoms with E-state index in [1.54, 1.807) is 0 Å². The molecule has 44 heavy (non-hydrogen) atoms. The second-order valence-corrected chi connectivity index (χ2v) is 16.4. The molecule has 1 saturated carbocycles. The number of para-hydroxylation sites is 2. The molecular formula is C34H42O8P2. The maximum absolute atomic E-state index is 15.0. The molecule has 0 bridgehead atoms. The fraction of sp³-hybridized carbons (Fsp3) is 0.412. The van der Waals surface area contributed by atoms with Crippen molar-refractivity contribution in [1.29, 1.82) is 0 Å². The van der Waals surface area contributed by atoms with Crippen LogP contribution in [0.4, 0.5) is 0 Å². The Kier molecular flexibility index (Phi) is 9.91. The minimum absolute atomic E-state index is 0.269. The molecule has 0 amide bonds. The van der Waals surface area contributed by atoms with E-state index in [2.05, 4.69) is 0 Å². The normalized spacial score (nSPS) is 25.2. The predicted molar refractivity (Wildman–Crippen MR) is 172 cm³/mol. The topological polar surface area (TPSA) is 89.5 Å². The summed E-state index contributed by atoms with van der Waals surface area (Å²) in [4.78, 5) is 0. The van der Waals surface area contributed by atoms with Crippen molar-refractivity contribution >= 4 is 15.2 Å². The van der Waals surface area contributed by atoms with Crippen molar-refractivity contribution in [2.45, 2.75) is 55.3 Å². The van der Waals surface area contributed by atoms with Gasteiger partial charge in [-0.1, -0.05) is 67.8 Å². The summed E-state index contributed by atoms with van der Waals surface area (Å²) in [6.07, 6.45) is 15.7. The Morgan fingerprint density at radius 2 is 0.955 bits per heavy atom. The Labute approximate surface area is 260 Å². The SMILES string of the molecule is COP(=O)(OC)C1(C2(C3(P(=O)(OC)OC)C=CC(Oc4ccccc4)=CC3)CCCCC2)C=CC(Oc2ccccc2)=CC1. The first kappa shape index (κ1) is 32.7. The van der Waals surface area contributed by atoms with Crippen LogP contribution in [-0.4, -0.2) is 38.8 Å². The van der Waals surface area contributed by atoms with Crippen molar-refractivity contribution in [2.24, 2.45) is 5.41 Å². The second-order valence-electron chi connectivity index (χ2n) is 11.3. The molecule has 0 heterocycles. The van der Waals surface area contributed by atoms with E-state index < -0.39 is 30.9 Å². The number of rotatable bonds is 12. The number of benzene rings is 2. The zero-order valence-electron chi connectivity index (χ0n) is 25.8. The highest BCUT2D eigenvalue weighted by atomic mass is 31.2. The van der Waals surface area contributed by atoms with E-state index in [9.17, 15) is 9.13 Å². The Balaban J connectivity index is 1.67. The number of allylic oxidation sites excluding steroid dienone is 6. The minimum Gasteiger partial charge on any atom is -0.458 e. The molecule has 0 N–H and O–H groups in total. The minimum atomic E-state index is -3.91. The average molecular weight is 641 g/mol. The molecule has 8 nitrogen and oxygen atoms in total. The zero-order valence-corrected chi connectivity index (χ0v) is 27.6. The van der Waals surface area contributed by atoms with Gasteiger partial charge in [0.2, 0.25) is 0 Å². The lowest BCUT2D eigenvalue weighted by Gasteiger charge is -2.62. The van der Waals surface area contributed by atoms with Gasteiger partial charge in [0.1, 0.15) is 33.3 Å². The number of hydrogen-bond acceptors (Lipinski definition) is 8. The average Bonchev–Trinajstić information content (AvgIpc) is 3.09. The molecule has 10 heteroatoms. The smallest absolute Gasteiger partial charge is 0.340 e. The van der Waals surface area contributed by atoms with Gasteiger partial charge in [0.15, 0.2) is 0 Å². The zero-order chi connectivity index (χ0) is 31.3. The van der Waals surface area contributed by atoms with E-state index in [0.717, 1.165) is 19.3 Å². The van der Waals surface area contributed by atoms with Crippen LogP contribution in [0.2, 0.25) is 0 Å². The van der Waals surface area contributed by atoms with Crippen molar-refractivity contribution in [3.63, 3.8) is 0 Å². The van der Waals surface area contributed by atoms with Gasteiger partial charge in [-0.25, -0.2) is 0 Å². The molecule has 0 spiro atoms. The summed E-state index contributed by atoms with van der Waals surface area (Å²) in [7, 11) is -2.15. The van der Waals surface area contributed by atoms with Crippen LogP contribution in [0.1, 0.15) is 44.9 Å². The first-order valence-electron chi connectivity index (χ1n) is 14.9. The number of hydrogen-bond donors (Lipinski definition) is 0. The third-order valence-electron chi connectivity index (χ3n) is 9.54. The molecule has 1 fully saturated rings. The summed E-state index contributed by atoms with van der Waals surface area (Å²) in [6, 6.07) is 19.0. The lowest BCUT2D eigenvalue weighted by molar-refractivity contribution is 0.0602. The Morgan fingerprint density at radius 3 is 1.27 bits per heavy atom. The lowest BCUT2D eigenvalue weighted by Crippen LogP contribution is -2.61. The standard InChI is InChI=1S/C34H42O8P2/c1-37-43(35,38-2)33(24-18-30(19-25-33)41-28-14-8-5-9-15-28)32(22-12-7-13-23-32)34(44(36,39-3)40-4)26-20-31(21-27-34)42-29-16-10-6-11-17-29/h5-6,8-11,14-21,24,26H,7,12-13,22-23,25,27H2,1-4H3. The molecule has 5 rings (SSSR count). The molecule has 0 aliphatic heterocycles. The van der Waals surface area contributed by atoms with Crippen LogP contribution >= 0.6 is 15.2 Å². The first-order valence-corrected chi connectivity index (χ1v) is 18.0. The summed E-state index contributed by atoms with van der Waals surface area (Å²) >= 11 is 0. The molecule has 3 aliphatic rings. The maximum Gasteiger partial charge on any atom is 0.340 e. The van der Waals surface area contributed by atoms with Crippen LogP contribution in [0.3, 0.4) is 0 Å². The molecule has 2 aromatic rings. The number of ether oxygens (including phenoxy) is 2. The molecule has 0 aromatic heterocycles. The van der Waals surface area contributed by atoms with Crippen LogP contribution in [0.25, 0.3) is 0 Å². The van der Waals surface area contributed by atoms with Crippen LogP contribution in [0.15, 0.2) is 109 Å². The summed E-state index contributed by atoms with van der Waals surface area (Å²) in [5.74, 6) is 2.61. The van der Waals surface area contributed by atoms with Crippen LogP contribution in [-0.2, 0) is 27.2 Å². The van der Waals surface area contributed by atoms with Gasteiger partial charge in [-0.3, -0.25) is 9.13 Å². The molecule has 2 atom stereocenters. The first-order chi connectivity index (χ1) is 21.3. The van der Waals surface area contributed by atoms with Crippen molar-refractivity contribution in [3.8, 4) is 11.5 Å². The monoisotopic (exact) mass is 640 g/mol. The van der Waals surface area contributed by atoms with Gasteiger partial charge < -0.3 is 27.6 Å². The third-order valence-corrected chi connectivity index (χ3v) is 14.9. The Morgan fingerprint density at radius 1 is 0.568 bits per heavy atom. The largest absolute Gasteiger partial charge is 0.458 e. The Hall–Kier alpha value is -2.70. The van der Waals surface area contributed by atoms with Gasteiger partial charge >= 0.3 is 15.2 Å². The van der Waals surface area contributed by atoms with E-state index >= 15 is 0 Å². The fourth-order valence-electron chi connectivity index (χ4n) is 7.46. The van der Waals surface area contributed by atoms with E-state index in [1.807, 2.05) is 97.1 Å². The van der Waals surface area contributed by atoms with Crippen LogP contribution in [0.5, 0.6) is 11.5 Å². The van der Waals surface area contributed by atoms with Crippen LogP contribution < -0.4 is 9.47 Å². The Bertz CT molecular complexity index is 1390. The predicted octanol–water partition coefficient (Wildman–Crippen LogP) is 9.23. The molecule has 2 unspecified atom stereocenters.